The Kier molecular flexibility index (Phi) is 5.25. The van der Waals surface area contributed by atoms with Crippen LogP contribution in [0, 0.1) is 13.8 Å². The predicted octanol–water partition coefficient (Wildman–Crippen LogP) is 4.91. The summed E-state index contributed by atoms with van der Waals surface area (Å²) >= 11 is 0. The third kappa shape index (κ3) is 4.72. The number of alkyl halides is 3. The van der Waals surface area contributed by atoms with Crippen molar-refractivity contribution in [3.05, 3.63) is 71.3 Å². The number of benzene rings is 1. The Hall–Kier alpha value is -3.16. The number of halogens is 3. The zero-order valence-electron chi connectivity index (χ0n) is 14.7. The molecule has 3 rings (SSSR count). The van der Waals surface area contributed by atoms with Crippen LogP contribution in [0.2, 0.25) is 0 Å². The van der Waals surface area contributed by atoms with E-state index in [1.54, 1.807) is 25.3 Å². The molecule has 0 saturated carbocycles. The predicted molar refractivity (Wildman–Crippen MR) is 94.6 cm³/mol. The fourth-order valence-corrected chi connectivity index (χ4v) is 2.39. The summed E-state index contributed by atoms with van der Waals surface area (Å²) in [6, 6.07) is 8.21. The van der Waals surface area contributed by atoms with Crippen molar-refractivity contribution in [2.45, 2.75) is 26.6 Å². The molecule has 0 atom stereocenters. The van der Waals surface area contributed by atoms with Crippen molar-refractivity contribution in [3.8, 4) is 11.6 Å². The standard InChI is InChI=1S/C19H17F3N4O/c1-12-10-24-13(2)26-17(12)25-11-14-5-4-8-23-18(14)27-16-7-3-6-15(9-16)19(20,21)22/h3-10H,11H2,1-2H3,(H,24,25,26). The largest absolute Gasteiger partial charge is 0.439 e. The van der Waals surface area contributed by atoms with Gasteiger partial charge < -0.3 is 10.1 Å². The van der Waals surface area contributed by atoms with Crippen LogP contribution in [0.25, 0.3) is 0 Å². The Morgan fingerprint density at radius 1 is 1.07 bits per heavy atom. The minimum absolute atomic E-state index is 0.0684. The molecule has 2 aromatic heterocycles. The molecule has 0 fully saturated rings. The smallest absolute Gasteiger partial charge is 0.416 e. The zero-order chi connectivity index (χ0) is 19.4. The molecule has 3 aromatic rings. The number of rotatable bonds is 5. The summed E-state index contributed by atoms with van der Waals surface area (Å²) in [4.78, 5) is 12.6. The van der Waals surface area contributed by atoms with E-state index in [1.807, 2.05) is 6.92 Å². The third-order valence-corrected chi connectivity index (χ3v) is 3.76. The first-order valence-electron chi connectivity index (χ1n) is 8.16. The molecule has 8 heteroatoms. The van der Waals surface area contributed by atoms with Crippen molar-refractivity contribution < 1.29 is 17.9 Å². The lowest BCUT2D eigenvalue weighted by molar-refractivity contribution is -0.137. The Morgan fingerprint density at radius 3 is 2.67 bits per heavy atom. The first kappa shape index (κ1) is 18.6. The van der Waals surface area contributed by atoms with E-state index in [9.17, 15) is 13.2 Å². The van der Waals surface area contributed by atoms with E-state index in [-0.39, 0.29) is 11.6 Å². The van der Waals surface area contributed by atoms with Gasteiger partial charge in [0.2, 0.25) is 5.88 Å². The van der Waals surface area contributed by atoms with Crippen molar-refractivity contribution in [1.82, 2.24) is 15.0 Å². The molecule has 0 aliphatic carbocycles. The highest BCUT2D eigenvalue weighted by Gasteiger charge is 2.30. The maximum Gasteiger partial charge on any atom is 0.416 e. The van der Waals surface area contributed by atoms with Crippen molar-refractivity contribution in [2.24, 2.45) is 0 Å². The van der Waals surface area contributed by atoms with Crippen LogP contribution in [0.15, 0.2) is 48.8 Å². The van der Waals surface area contributed by atoms with Crippen LogP contribution in [0.5, 0.6) is 11.6 Å². The molecular formula is C19H17F3N4O. The Bertz CT molecular complexity index is 944. The molecule has 0 aliphatic rings. The summed E-state index contributed by atoms with van der Waals surface area (Å²) in [5.74, 6) is 1.61. The van der Waals surface area contributed by atoms with Gasteiger partial charge in [-0.3, -0.25) is 0 Å². The van der Waals surface area contributed by atoms with Crippen molar-refractivity contribution >= 4 is 5.82 Å². The number of nitrogens with one attached hydrogen (secondary N) is 1. The van der Waals surface area contributed by atoms with Crippen LogP contribution in [0.4, 0.5) is 19.0 Å². The van der Waals surface area contributed by atoms with Crippen molar-refractivity contribution in [2.75, 3.05) is 5.32 Å². The summed E-state index contributed by atoms with van der Waals surface area (Å²) in [7, 11) is 0. The highest BCUT2D eigenvalue weighted by atomic mass is 19.4. The van der Waals surface area contributed by atoms with E-state index in [4.69, 9.17) is 4.74 Å². The lowest BCUT2D eigenvalue weighted by atomic mass is 10.2. The van der Waals surface area contributed by atoms with E-state index in [2.05, 4.69) is 20.3 Å². The van der Waals surface area contributed by atoms with Gasteiger partial charge in [0.05, 0.1) is 5.56 Å². The average molecular weight is 374 g/mol. The lowest BCUT2D eigenvalue weighted by Gasteiger charge is -2.13. The minimum Gasteiger partial charge on any atom is -0.439 e. The van der Waals surface area contributed by atoms with E-state index in [0.717, 1.165) is 17.7 Å². The number of pyridine rings is 1. The summed E-state index contributed by atoms with van der Waals surface area (Å²) in [6.07, 6.45) is -1.20. The molecule has 0 spiro atoms. The van der Waals surface area contributed by atoms with E-state index in [0.29, 0.717) is 23.8 Å². The second-order valence-corrected chi connectivity index (χ2v) is 5.90. The molecule has 0 amide bonds. The molecule has 27 heavy (non-hydrogen) atoms. The number of hydrogen-bond acceptors (Lipinski definition) is 5. The molecule has 0 radical (unpaired) electrons. The maximum atomic E-state index is 12.9. The van der Waals surface area contributed by atoms with E-state index in [1.165, 1.54) is 18.3 Å². The highest BCUT2D eigenvalue weighted by molar-refractivity contribution is 5.44. The SMILES string of the molecule is Cc1ncc(C)c(NCc2cccnc2Oc2cccc(C(F)(F)F)c2)n1. The molecule has 1 aromatic carbocycles. The normalized spacial score (nSPS) is 11.3. The van der Waals surface area contributed by atoms with Crippen molar-refractivity contribution in [3.63, 3.8) is 0 Å². The molecule has 5 nitrogen and oxygen atoms in total. The van der Waals surface area contributed by atoms with Gasteiger partial charge in [0.1, 0.15) is 17.4 Å². The number of nitrogens with zero attached hydrogens (tertiary/aromatic N) is 3. The van der Waals surface area contributed by atoms with Gasteiger partial charge in [-0.1, -0.05) is 12.1 Å². The Morgan fingerprint density at radius 2 is 1.89 bits per heavy atom. The van der Waals surface area contributed by atoms with E-state index < -0.39 is 11.7 Å². The molecule has 140 valence electrons. The second-order valence-electron chi connectivity index (χ2n) is 5.90. The Balaban J connectivity index is 1.79. The topological polar surface area (TPSA) is 59.9 Å². The second kappa shape index (κ2) is 7.61. The van der Waals surface area contributed by atoms with Crippen molar-refractivity contribution in [1.29, 1.82) is 0 Å². The zero-order valence-corrected chi connectivity index (χ0v) is 14.7. The number of aromatic nitrogens is 3. The number of aryl methyl sites for hydroxylation is 2. The minimum atomic E-state index is -4.43. The van der Waals surface area contributed by atoms with Crippen LogP contribution < -0.4 is 10.1 Å². The highest BCUT2D eigenvalue weighted by Crippen LogP contribution is 2.33. The van der Waals surface area contributed by atoms with Gasteiger partial charge in [0.25, 0.3) is 0 Å². The fraction of sp³-hybridized carbons (Fsp3) is 0.211. The van der Waals surface area contributed by atoms with E-state index >= 15 is 0 Å². The van der Waals surface area contributed by atoms with Crippen LogP contribution in [-0.2, 0) is 12.7 Å². The summed E-state index contributed by atoms with van der Waals surface area (Å²) in [5, 5.41) is 3.18. The quantitative estimate of drug-likeness (QED) is 0.687. The average Bonchev–Trinajstić information content (AvgIpc) is 2.63. The first-order valence-corrected chi connectivity index (χ1v) is 8.16. The van der Waals surface area contributed by atoms with Gasteiger partial charge in [0, 0.05) is 30.1 Å². The number of ether oxygens (including phenoxy) is 1. The molecule has 0 saturated heterocycles. The molecule has 2 heterocycles. The van der Waals surface area contributed by atoms with Gasteiger partial charge in [-0.15, -0.1) is 0 Å². The van der Waals surface area contributed by atoms with Crippen LogP contribution in [0.1, 0.15) is 22.5 Å². The Labute approximate surface area is 154 Å². The van der Waals surface area contributed by atoms with Gasteiger partial charge in [-0.25, -0.2) is 15.0 Å². The molecule has 0 aliphatic heterocycles. The van der Waals surface area contributed by atoms with Gasteiger partial charge in [0.15, 0.2) is 0 Å². The summed E-state index contributed by atoms with van der Waals surface area (Å²) < 4.78 is 44.2. The number of hydrogen-bond donors (Lipinski definition) is 1. The molecule has 1 N–H and O–H groups in total. The third-order valence-electron chi connectivity index (χ3n) is 3.76. The molecule has 0 bridgehead atoms. The van der Waals surface area contributed by atoms with Crippen LogP contribution in [0.3, 0.4) is 0 Å². The monoisotopic (exact) mass is 374 g/mol. The summed E-state index contributed by atoms with van der Waals surface area (Å²) in [5.41, 5.74) is 0.790. The first-order chi connectivity index (χ1) is 12.8. The van der Waals surface area contributed by atoms with Gasteiger partial charge in [-0.2, -0.15) is 13.2 Å². The lowest BCUT2D eigenvalue weighted by Crippen LogP contribution is -2.07. The summed E-state index contributed by atoms with van der Waals surface area (Å²) in [6.45, 7) is 4.02. The van der Waals surface area contributed by atoms with Crippen LogP contribution >= 0.6 is 0 Å². The maximum absolute atomic E-state index is 12.9. The van der Waals surface area contributed by atoms with Gasteiger partial charge >= 0.3 is 6.18 Å². The fourth-order valence-electron chi connectivity index (χ4n) is 2.39. The van der Waals surface area contributed by atoms with Crippen LogP contribution in [-0.4, -0.2) is 15.0 Å². The molecule has 0 unspecified atom stereocenters. The number of anilines is 1. The molecular weight excluding hydrogens is 357 g/mol. The van der Waals surface area contributed by atoms with Gasteiger partial charge in [-0.05, 0) is 38.1 Å².